The van der Waals surface area contributed by atoms with Gasteiger partial charge in [-0.3, -0.25) is 19.3 Å². The minimum absolute atomic E-state index is 0.117. The van der Waals surface area contributed by atoms with Crippen LogP contribution in [0.5, 0.6) is 0 Å². The summed E-state index contributed by atoms with van der Waals surface area (Å²) >= 11 is 5.86. The SMILES string of the molecule is CCC1(C)NC(=O)N(CCCNC(=O)c2cc(=O)c3cc(Cl)ccc3o2)C1=O. The van der Waals surface area contributed by atoms with Gasteiger partial charge in [-0.1, -0.05) is 18.5 Å². The molecule has 9 heteroatoms. The average molecular weight is 406 g/mol. The fraction of sp³-hybridized carbons (Fsp3) is 0.368. The van der Waals surface area contributed by atoms with Crippen LogP contribution in [0.3, 0.4) is 0 Å². The maximum atomic E-state index is 12.3. The maximum Gasteiger partial charge on any atom is 0.325 e. The number of imide groups is 1. The zero-order valence-electron chi connectivity index (χ0n) is 15.5. The zero-order valence-corrected chi connectivity index (χ0v) is 16.3. The van der Waals surface area contributed by atoms with Crippen molar-refractivity contribution in [1.29, 1.82) is 0 Å². The molecule has 0 saturated carbocycles. The highest BCUT2D eigenvalue weighted by molar-refractivity contribution is 6.31. The third kappa shape index (κ3) is 3.73. The van der Waals surface area contributed by atoms with E-state index in [1.54, 1.807) is 13.0 Å². The van der Waals surface area contributed by atoms with Crippen molar-refractivity contribution in [3.63, 3.8) is 0 Å². The van der Waals surface area contributed by atoms with Gasteiger partial charge < -0.3 is 15.1 Å². The summed E-state index contributed by atoms with van der Waals surface area (Å²) in [5, 5.41) is 5.99. The Morgan fingerprint density at radius 1 is 1.29 bits per heavy atom. The lowest BCUT2D eigenvalue weighted by Gasteiger charge is -2.19. The lowest BCUT2D eigenvalue weighted by molar-refractivity contribution is -0.130. The van der Waals surface area contributed by atoms with Crippen LogP contribution >= 0.6 is 11.6 Å². The summed E-state index contributed by atoms with van der Waals surface area (Å²) in [5.41, 5.74) is -0.982. The Morgan fingerprint density at radius 2 is 2.04 bits per heavy atom. The van der Waals surface area contributed by atoms with E-state index in [9.17, 15) is 19.2 Å². The molecule has 148 valence electrons. The number of halogens is 1. The molecule has 2 heterocycles. The Bertz CT molecular complexity index is 1020. The topological polar surface area (TPSA) is 109 Å². The van der Waals surface area contributed by atoms with Gasteiger partial charge in [-0.05, 0) is 38.0 Å². The number of carbonyl (C=O) groups is 3. The number of rotatable bonds is 6. The molecule has 2 aromatic rings. The van der Waals surface area contributed by atoms with Crippen LogP contribution in [-0.2, 0) is 4.79 Å². The molecule has 1 saturated heterocycles. The predicted molar refractivity (Wildman–Crippen MR) is 103 cm³/mol. The van der Waals surface area contributed by atoms with Gasteiger partial charge in [-0.25, -0.2) is 4.79 Å². The highest BCUT2D eigenvalue weighted by Gasteiger charge is 2.45. The Hall–Kier alpha value is -2.87. The van der Waals surface area contributed by atoms with E-state index < -0.39 is 17.5 Å². The van der Waals surface area contributed by atoms with E-state index in [-0.39, 0.29) is 35.8 Å². The normalized spacial score (nSPS) is 19.2. The smallest absolute Gasteiger partial charge is 0.325 e. The van der Waals surface area contributed by atoms with Crippen LogP contribution in [0, 0.1) is 0 Å². The Balaban J connectivity index is 1.59. The fourth-order valence-corrected chi connectivity index (χ4v) is 3.13. The van der Waals surface area contributed by atoms with Gasteiger partial charge in [0.1, 0.15) is 11.1 Å². The summed E-state index contributed by atoms with van der Waals surface area (Å²) in [7, 11) is 0. The number of nitrogens with one attached hydrogen (secondary N) is 2. The molecule has 1 aliphatic heterocycles. The van der Waals surface area contributed by atoms with Gasteiger partial charge >= 0.3 is 6.03 Å². The number of fused-ring (bicyclic) bond motifs is 1. The molecule has 0 aliphatic carbocycles. The molecule has 1 aliphatic rings. The Kier molecular flexibility index (Phi) is 5.42. The van der Waals surface area contributed by atoms with Crippen molar-refractivity contribution in [2.75, 3.05) is 13.1 Å². The molecule has 1 atom stereocenters. The lowest BCUT2D eigenvalue weighted by atomic mass is 9.99. The van der Waals surface area contributed by atoms with Crippen LogP contribution in [0.15, 0.2) is 33.5 Å². The van der Waals surface area contributed by atoms with Crippen LogP contribution in [0.25, 0.3) is 11.0 Å². The van der Waals surface area contributed by atoms with Crippen molar-refractivity contribution in [3.05, 3.63) is 45.3 Å². The summed E-state index contributed by atoms with van der Waals surface area (Å²) in [6, 6.07) is 5.25. The van der Waals surface area contributed by atoms with E-state index in [1.165, 1.54) is 12.1 Å². The van der Waals surface area contributed by atoms with Gasteiger partial charge in [0.25, 0.3) is 11.8 Å². The van der Waals surface area contributed by atoms with Crippen LogP contribution in [0.2, 0.25) is 5.02 Å². The van der Waals surface area contributed by atoms with E-state index in [0.717, 1.165) is 11.0 Å². The first-order valence-electron chi connectivity index (χ1n) is 8.91. The number of urea groups is 1. The van der Waals surface area contributed by atoms with Gasteiger partial charge in [0.15, 0.2) is 11.2 Å². The van der Waals surface area contributed by atoms with Crippen LogP contribution in [-0.4, -0.2) is 41.4 Å². The van der Waals surface area contributed by atoms with Crippen molar-refractivity contribution in [1.82, 2.24) is 15.5 Å². The minimum Gasteiger partial charge on any atom is -0.451 e. The van der Waals surface area contributed by atoms with E-state index in [1.807, 2.05) is 6.92 Å². The van der Waals surface area contributed by atoms with Crippen molar-refractivity contribution in [3.8, 4) is 0 Å². The van der Waals surface area contributed by atoms with Crippen LogP contribution in [0.1, 0.15) is 37.2 Å². The second-order valence-electron chi connectivity index (χ2n) is 6.80. The predicted octanol–water partition coefficient (Wildman–Crippen LogP) is 2.29. The number of carbonyl (C=O) groups excluding carboxylic acids is 3. The Morgan fingerprint density at radius 3 is 2.71 bits per heavy atom. The van der Waals surface area contributed by atoms with Crippen molar-refractivity contribution in [2.45, 2.75) is 32.2 Å². The van der Waals surface area contributed by atoms with Gasteiger partial charge in [0.2, 0.25) is 0 Å². The third-order valence-electron chi connectivity index (χ3n) is 4.81. The highest BCUT2D eigenvalue weighted by Crippen LogP contribution is 2.21. The minimum atomic E-state index is -0.877. The number of benzene rings is 1. The second kappa shape index (κ2) is 7.63. The molecule has 1 aromatic carbocycles. The molecule has 0 spiro atoms. The Labute approximate surface area is 165 Å². The lowest BCUT2D eigenvalue weighted by Crippen LogP contribution is -2.43. The van der Waals surface area contributed by atoms with E-state index in [2.05, 4.69) is 10.6 Å². The van der Waals surface area contributed by atoms with Gasteiger partial charge in [0.05, 0.1) is 5.39 Å². The molecule has 1 unspecified atom stereocenters. The number of amides is 4. The van der Waals surface area contributed by atoms with Crippen LogP contribution < -0.4 is 16.1 Å². The molecule has 3 rings (SSSR count). The van der Waals surface area contributed by atoms with Crippen molar-refractivity contribution >= 4 is 40.4 Å². The van der Waals surface area contributed by atoms with Crippen LogP contribution in [0.4, 0.5) is 4.79 Å². The molecular formula is C19H20ClN3O5. The van der Waals surface area contributed by atoms with Gasteiger partial charge in [0, 0.05) is 24.2 Å². The van der Waals surface area contributed by atoms with Crippen molar-refractivity contribution < 1.29 is 18.8 Å². The monoisotopic (exact) mass is 405 g/mol. The largest absolute Gasteiger partial charge is 0.451 e. The molecule has 4 amide bonds. The highest BCUT2D eigenvalue weighted by atomic mass is 35.5. The number of hydrogen-bond donors (Lipinski definition) is 2. The molecular weight excluding hydrogens is 386 g/mol. The maximum absolute atomic E-state index is 12.3. The van der Waals surface area contributed by atoms with Crippen molar-refractivity contribution in [2.24, 2.45) is 0 Å². The number of nitrogens with zero attached hydrogens (tertiary/aromatic N) is 1. The van der Waals surface area contributed by atoms with Gasteiger partial charge in [-0.2, -0.15) is 0 Å². The molecule has 28 heavy (non-hydrogen) atoms. The quantitative estimate of drug-likeness (QED) is 0.566. The third-order valence-corrected chi connectivity index (χ3v) is 5.04. The van der Waals surface area contributed by atoms with E-state index in [0.29, 0.717) is 23.3 Å². The first-order chi connectivity index (χ1) is 13.2. The second-order valence-corrected chi connectivity index (χ2v) is 7.23. The summed E-state index contributed by atoms with van der Waals surface area (Å²) in [6.07, 6.45) is 0.870. The fourth-order valence-electron chi connectivity index (χ4n) is 2.96. The molecule has 2 N–H and O–H groups in total. The molecule has 0 radical (unpaired) electrons. The number of hydrogen-bond acceptors (Lipinski definition) is 5. The summed E-state index contributed by atoms with van der Waals surface area (Å²) in [6.45, 7) is 3.90. The first kappa shape index (κ1) is 19.9. The summed E-state index contributed by atoms with van der Waals surface area (Å²) in [4.78, 5) is 49.8. The summed E-state index contributed by atoms with van der Waals surface area (Å²) < 4.78 is 5.47. The average Bonchev–Trinajstić information content (AvgIpc) is 2.88. The molecule has 1 fully saturated rings. The van der Waals surface area contributed by atoms with Gasteiger partial charge in [-0.15, -0.1) is 0 Å². The first-order valence-corrected chi connectivity index (χ1v) is 9.28. The molecule has 8 nitrogen and oxygen atoms in total. The molecule has 1 aromatic heterocycles. The van der Waals surface area contributed by atoms with E-state index in [4.69, 9.17) is 16.0 Å². The molecule has 0 bridgehead atoms. The zero-order chi connectivity index (χ0) is 20.5. The standard InChI is InChI=1S/C19H20ClN3O5/c1-3-19(2)17(26)23(18(27)22-19)8-4-7-21-16(25)15-10-13(24)12-9-11(20)5-6-14(12)28-15/h5-6,9-10H,3-4,7-8H2,1-2H3,(H,21,25)(H,22,27). The summed E-state index contributed by atoms with van der Waals surface area (Å²) in [5.74, 6) is -0.941. The van der Waals surface area contributed by atoms with E-state index >= 15 is 0 Å².